The molecule has 0 aliphatic rings. The zero-order chi connectivity index (χ0) is 19.3. The van der Waals surface area contributed by atoms with Gasteiger partial charge < -0.3 is 4.90 Å². The molecule has 0 unspecified atom stereocenters. The molecule has 0 bridgehead atoms. The van der Waals surface area contributed by atoms with Crippen molar-refractivity contribution in [3.63, 3.8) is 0 Å². The fraction of sp³-hybridized carbons (Fsp3) is 0.211. The molecule has 0 saturated heterocycles. The summed E-state index contributed by atoms with van der Waals surface area (Å²) >= 11 is 3.08. The highest BCUT2D eigenvalue weighted by Crippen LogP contribution is 2.18. The van der Waals surface area contributed by atoms with Gasteiger partial charge in [-0.05, 0) is 48.0 Å². The predicted octanol–water partition coefficient (Wildman–Crippen LogP) is 3.95. The summed E-state index contributed by atoms with van der Waals surface area (Å²) in [5, 5.41) is 3.87. The van der Waals surface area contributed by atoms with Crippen molar-refractivity contribution in [2.45, 2.75) is 24.9 Å². The van der Waals surface area contributed by atoms with Crippen molar-refractivity contribution in [2.75, 3.05) is 6.54 Å². The summed E-state index contributed by atoms with van der Waals surface area (Å²) in [5.41, 5.74) is 0.368. The fourth-order valence-electron chi connectivity index (χ4n) is 2.56. The molecule has 0 spiro atoms. The summed E-state index contributed by atoms with van der Waals surface area (Å²) in [7, 11) is -3.69. The van der Waals surface area contributed by atoms with Crippen molar-refractivity contribution < 1.29 is 13.2 Å². The number of thiophene rings is 2. The van der Waals surface area contributed by atoms with Gasteiger partial charge in [0.15, 0.2) is 0 Å². The first-order valence-corrected chi connectivity index (χ1v) is 11.7. The SMILES string of the molecule is CCN(Cc1cccs1)C(=O)c1cccc(S(=O)(=O)NCc2cccs2)c1. The molecule has 0 fully saturated rings. The van der Waals surface area contributed by atoms with Gasteiger partial charge in [-0.15, -0.1) is 22.7 Å². The molecule has 3 rings (SSSR count). The van der Waals surface area contributed by atoms with Crippen molar-refractivity contribution in [3.05, 3.63) is 74.6 Å². The quantitative estimate of drug-likeness (QED) is 0.600. The van der Waals surface area contributed by atoms with Crippen LogP contribution in [0.5, 0.6) is 0 Å². The first-order chi connectivity index (χ1) is 13.0. The second-order valence-electron chi connectivity index (χ2n) is 5.83. The monoisotopic (exact) mass is 420 g/mol. The van der Waals surface area contributed by atoms with Gasteiger partial charge in [-0.25, -0.2) is 13.1 Å². The van der Waals surface area contributed by atoms with Crippen LogP contribution in [-0.4, -0.2) is 25.8 Å². The van der Waals surface area contributed by atoms with Crippen molar-refractivity contribution in [3.8, 4) is 0 Å². The minimum Gasteiger partial charge on any atom is -0.334 e. The van der Waals surface area contributed by atoms with Crippen LogP contribution in [0.3, 0.4) is 0 Å². The van der Waals surface area contributed by atoms with E-state index in [1.54, 1.807) is 28.4 Å². The maximum absolute atomic E-state index is 12.8. The van der Waals surface area contributed by atoms with E-state index in [4.69, 9.17) is 0 Å². The summed E-state index contributed by atoms with van der Waals surface area (Å²) in [5.74, 6) is -0.179. The average molecular weight is 421 g/mol. The molecular weight excluding hydrogens is 400 g/mol. The van der Waals surface area contributed by atoms with E-state index in [2.05, 4.69) is 4.72 Å². The maximum atomic E-state index is 12.8. The van der Waals surface area contributed by atoms with E-state index in [1.165, 1.54) is 23.5 Å². The lowest BCUT2D eigenvalue weighted by Crippen LogP contribution is -2.30. The van der Waals surface area contributed by atoms with Crippen LogP contribution in [0.2, 0.25) is 0 Å². The number of nitrogens with zero attached hydrogens (tertiary/aromatic N) is 1. The highest BCUT2D eigenvalue weighted by Gasteiger charge is 2.19. The number of hydrogen-bond donors (Lipinski definition) is 1. The Bertz CT molecular complexity index is 981. The zero-order valence-electron chi connectivity index (χ0n) is 14.8. The summed E-state index contributed by atoms with van der Waals surface area (Å²) in [4.78, 5) is 16.7. The smallest absolute Gasteiger partial charge is 0.254 e. The average Bonchev–Trinajstić information content (AvgIpc) is 3.38. The van der Waals surface area contributed by atoms with Crippen molar-refractivity contribution in [1.29, 1.82) is 0 Å². The molecule has 0 aliphatic carbocycles. The molecular formula is C19H20N2O3S3. The predicted molar refractivity (Wildman–Crippen MR) is 110 cm³/mol. The highest BCUT2D eigenvalue weighted by atomic mass is 32.2. The van der Waals surface area contributed by atoms with Gasteiger partial charge in [-0.1, -0.05) is 18.2 Å². The molecule has 2 heterocycles. The molecule has 8 heteroatoms. The van der Waals surface area contributed by atoms with Crippen LogP contribution in [-0.2, 0) is 23.1 Å². The van der Waals surface area contributed by atoms with Crippen molar-refractivity contribution in [1.82, 2.24) is 9.62 Å². The van der Waals surface area contributed by atoms with Crippen LogP contribution in [0, 0.1) is 0 Å². The van der Waals surface area contributed by atoms with Crippen LogP contribution >= 0.6 is 22.7 Å². The number of amides is 1. The van der Waals surface area contributed by atoms with E-state index in [1.807, 2.05) is 41.9 Å². The standard InChI is InChI=1S/C19H20N2O3S3/c1-2-21(14-17-8-5-11-26-17)19(22)15-6-3-9-18(12-15)27(23,24)20-13-16-7-4-10-25-16/h3-12,20H,2,13-14H2,1H3. The number of carbonyl (C=O) groups is 1. The Balaban J connectivity index is 1.76. The van der Waals surface area contributed by atoms with Gasteiger partial charge in [0.1, 0.15) is 0 Å². The maximum Gasteiger partial charge on any atom is 0.254 e. The number of hydrogen-bond acceptors (Lipinski definition) is 5. The molecule has 1 N–H and O–H groups in total. The van der Waals surface area contributed by atoms with E-state index >= 15 is 0 Å². The summed E-state index contributed by atoms with van der Waals surface area (Å²) in [6.07, 6.45) is 0. The topological polar surface area (TPSA) is 66.5 Å². The Morgan fingerprint density at radius 3 is 2.37 bits per heavy atom. The lowest BCUT2D eigenvalue weighted by molar-refractivity contribution is 0.0754. The van der Waals surface area contributed by atoms with Crippen LogP contribution in [0.1, 0.15) is 27.0 Å². The molecule has 0 saturated carbocycles. The lowest BCUT2D eigenvalue weighted by atomic mass is 10.2. The minimum absolute atomic E-state index is 0.0945. The van der Waals surface area contributed by atoms with Crippen molar-refractivity contribution in [2.24, 2.45) is 0 Å². The molecule has 1 amide bonds. The molecule has 27 heavy (non-hydrogen) atoms. The molecule has 0 aliphatic heterocycles. The second-order valence-corrected chi connectivity index (χ2v) is 9.66. The van der Waals surface area contributed by atoms with Gasteiger partial charge in [-0.2, -0.15) is 0 Å². The Morgan fingerprint density at radius 2 is 1.74 bits per heavy atom. The Kier molecular flexibility index (Phi) is 6.43. The third-order valence-electron chi connectivity index (χ3n) is 4.00. The minimum atomic E-state index is -3.69. The van der Waals surface area contributed by atoms with E-state index in [0.717, 1.165) is 9.75 Å². The summed E-state index contributed by atoms with van der Waals surface area (Å²) < 4.78 is 27.7. The van der Waals surface area contributed by atoms with Gasteiger partial charge in [0.2, 0.25) is 10.0 Å². The van der Waals surface area contributed by atoms with Gasteiger partial charge in [0, 0.05) is 28.4 Å². The molecule has 3 aromatic rings. The molecule has 0 atom stereocenters. The number of carbonyl (C=O) groups excluding carboxylic acids is 1. The lowest BCUT2D eigenvalue weighted by Gasteiger charge is -2.20. The largest absolute Gasteiger partial charge is 0.334 e. The van der Waals surface area contributed by atoms with Crippen LogP contribution in [0.15, 0.2) is 64.2 Å². The Morgan fingerprint density at radius 1 is 1.04 bits per heavy atom. The molecule has 0 radical (unpaired) electrons. The number of benzene rings is 1. The molecule has 1 aromatic carbocycles. The van der Waals surface area contributed by atoms with E-state index in [-0.39, 0.29) is 17.3 Å². The van der Waals surface area contributed by atoms with Crippen LogP contribution in [0.4, 0.5) is 0 Å². The zero-order valence-corrected chi connectivity index (χ0v) is 17.2. The van der Waals surface area contributed by atoms with Gasteiger partial charge in [0.25, 0.3) is 5.91 Å². The van der Waals surface area contributed by atoms with Crippen LogP contribution in [0.25, 0.3) is 0 Å². The number of sulfonamides is 1. The first kappa shape index (κ1) is 19.8. The third kappa shape index (κ3) is 5.04. The second kappa shape index (κ2) is 8.79. The first-order valence-electron chi connectivity index (χ1n) is 8.43. The van der Waals surface area contributed by atoms with E-state index < -0.39 is 10.0 Å². The number of nitrogens with one attached hydrogen (secondary N) is 1. The highest BCUT2D eigenvalue weighted by molar-refractivity contribution is 7.89. The number of rotatable bonds is 8. The summed E-state index contributed by atoms with van der Waals surface area (Å²) in [6.45, 7) is 3.21. The molecule has 5 nitrogen and oxygen atoms in total. The fourth-order valence-corrected chi connectivity index (χ4v) is 5.07. The van der Waals surface area contributed by atoms with Crippen molar-refractivity contribution >= 4 is 38.6 Å². The molecule has 2 aromatic heterocycles. The van der Waals surface area contributed by atoms with E-state index in [9.17, 15) is 13.2 Å². The van der Waals surface area contributed by atoms with Gasteiger partial charge in [-0.3, -0.25) is 4.79 Å². The third-order valence-corrected chi connectivity index (χ3v) is 7.14. The van der Waals surface area contributed by atoms with Gasteiger partial charge in [0.05, 0.1) is 11.4 Å². The van der Waals surface area contributed by atoms with E-state index in [0.29, 0.717) is 18.7 Å². The Labute approximate surface area is 167 Å². The normalized spacial score (nSPS) is 11.4. The summed E-state index contributed by atoms with van der Waals surface area (Å²) in [6, 6.07) is 13.9. The van der Waals surface area contributed by atoms with Gasteiger partial charge >= 0.3 is 0 Å². The molecule has 142 valence electrons. The Hall–Kier alpha value is -2.00. The van der Waals surface area contributed by atoms with Crippen LogP contribution < -0.4 is 4.72 Å².